The van der Waals surface area contributed by atoms with E-state index in [2.05, 4.69) is 14.9 Å². The minimum atomic E-state index is -4.07. The van der Waals surface area contributed by atoms with Crippen molar-refractivity contribution < 1.29 is 21.9 Å². The Morgan fingerprint density at radius 1 is 0.867 bits per heavy atom. The molecule has 0 fully saturated rings. The maximum Gasteiger partial charge on any atom is 0.261 e. The highest BCUT2D eigenvalue weighted by Crippen LogP contribution is 2.23. The van der Waals surface area contributed by atoms with Crippen molar-refractivity contribution in [3.05, 3.63) is 90.8 Å². The van der Waals surface area contributed by atoms with Crippen LogP contribution in [0.3, 0.4) is 0 Å². The molecule has 0 unspecified atom stereocenters. The molecular weight excluding hydrogens is 414 g/mol. The number of aromatic nitrogens is 3. The molecular formula is C20H14F2N4O3S. The van der Waals surface area contributed by atoms with Crippen LogP contribution in [0.5, 0.6) is 11.6 Å². The zero-order valence-electron chi connectivity index (χ0n) is 15.2. The number of benzene rings is 2. The SMILES string of the molecule is O=S(=O)(Nc1ccc(Oc2ccc(-n3cccc3)nn2)cc1)c1ccc(F)c(F)c1. The summed E-state index contributed by atoms with van der Waals surface area (Å²) in [6.07, 6.45) is 3.68. The van der Waals surface area contributed by atoms with Gasteiger partial charge >= 0.3 is 0 Å². The van der Waals surface area contributed by atoms with Crippen molar-refractivity contribution in [3.63, 3.8) is 0 Å². The summed E-state index contributed by atoms with van der Waals surface area (Å²) in [5, 5.41) is 8.07. The van der Waals surface area contributed by atoms with E-state index in [1.54, 1.807) is 16.7 Å². The van der Waals surface area contributed by atoms with Crippen LogP contribution in [0, 0.1) is 11.6 Å². The highest BCUT2D eigenvalue weighted by atomic mass is 32.2. The van der Waals surface area contributed by atoms with E-state index in [-0.39, 0.29) is 16.5 Å². The molecule has 152 valence electrons. The van der Waals surface area contributed by atoms with Crippen molar-refractivity contribution in [1.82, 2.24) is 14.8 Å². The molecule has 0 aliphatic rings. The molecule has 2 heterocycles. The Morgan fingerprint density at radius 2 is 1.60 bits per heavy atom. The zero-order valence-corrected chi connectivity index (χ0v) is 16.1. The highest BCUT2D eigenvalue weighted by molar-refractivity contribution is 7.92. The van der Waals surface area contributed by atoms with Gasteiger partial charge in [-0.25, -0.2) is 17.2 Å². The van der Waals surface area contributed by atoms with Crippen LogP contribution in [0.25, 0.3) is 5.82 Å². The molecule has 1 N–H and O–H groups in total. The Labute approximate surface area is 170 Å². The maximum atomic E-state index is 13.3. The standard InChI is InChI=1S/C20H14F2N4O3S/c21-17-8-7-16(13-18(17)22)30(27,28)25-14-3-5-15(6-4-14)29-20-10-9-19(23-24-20)26-11-1-2-12-26/h1-13,25H. The van der Waals surface area contributed by atoms with Gasteiger partial charge in [0.2, 0.25) is 5.88 Å². The minimum Gasteiger partial charge on any atom is -0.438 e. The monoisotopic (exact) mass is 428 g/mol. The van der Waals surface area contributed by atoms with Crippen molar-refractivity contribution >= 4 is 15.7 Å². The Morgan fingerprint density at radius 3 is 2.23 bits per heavy atom. The Kier molecular flexibility index (Phi) is 5.15. The molecule has 2 aromatic heterocycles. The number of hydrogen-bond donors (Lipinski definition) is 1. The highest BCUT2D eigenvalue weighted by Gasteiger charge is 2.16. The van der Waals surface area contributed by atoms with Gasteiger partial charge in [-0.2, -0.15) is 0 Å². The first-order chi connectivity index (χ1) is 14.4. The summed E-state index contributed by atoms with van der Waals surface area (Å²) in [4.78, 5) is -0.389. The third-order valence-electron chi connectivity index (χ3n) is 4.03. The first-order valence-corrected chi connectivity index (χ1v) is 10.1. The number of sulfonamides is 1. The van der Waals surface area contributed by atoms with Crippen molar-refractivity contribution in [1.29, 1.82) is 0 Å². The summed E-state index contributed by atoms with van der Waals surface area (Å²) in [6, 6.07) is 15.5. The Hall–Kier alpha value is -3.79. The van der Waals surface area contributed by atoms with Crippen molar-refractivity contribution in [2.24, 2.45) is 0 Å². The molecule has 0 bridgehead atoms. The molecule has 0 atom stereocenters. The van der Waals surface area contributed by atoms with Crippen molar-refractivity contribution in [2.75, 3.05) is 4.72 Å². The van der Waals surface area contributed by atoms with Gasteiger partial charge in [-0.1, -0.05) is 0 Å². The van der Waals surface area contributed by atoms with Gasteiger partial charge in [-0.15, -0.1) is 10.2 Å². The summed E-state index contributed by atoms with van der Waals surface area (Å²) in [5.74, 6) is -1.06. The van der Waals surface area contributed by atoms with Crippen LogP contribution in [0.2, 0.25) is 0 Å². The van der Waals surface area contributed by atoms with Gasteiger partial charge in [0.25, 0.3) is 10.0 Å². The predicted molar refractivity (Wildman–Crippen MR) is 105 cm³/mol. The van der Waals surface area contributed by atoms with Crippen LogP contribution in [-0.4, -0.2) is 23.2 Å². The third-order valence-corrected chi connectivity index (χ3v) is 5.40. The van der Waals surface area contributed by atoms with E-state index < -0.39 is 21.7 Å². The van der Waals surface area contributed by atoms with Gasteiger partial charge in [-0.05, 0) is 60.7 Å². The van der Waals surface area contributed by atoms with Crippen LogP contribution in [-0.2, 0) is 10.0 Å². The molecule has 0 aliphatic carbocycles. The van der Waals surface area contributed by atoms with Crippen LogP contribution in [0.4, 0.5) is 14.5 Å². The van der Waals surface area contributed by atoms with E-state index in [4.69, 9.17) is 4.74 Å². The van der Waals surface area contributed by atoms with E-state index >= 15 is 0 Å². The Balaban J connectivity index is 1.44. The summed E-state index contributed by atoms with van der Waals surface area (Å²) >= 11 is 0. The first kappa shape index (κ1) is 19.5. The molecule has 0 saturated carbocycles. The predicted octanol–water partition coefficient (Wildman–Crippen LogP) is 4.14. The van der Waals surface area contributed by atoms with Crippen LogP contribution in [0.1, 0.15) is 0 Å². The van der Waals surface area contributed by atoms with Crippen LogP contribution in [0.15, 0.2) is 84.0 Å². The van der Waals surface area contributed by atoms with Gasteiger partial charge < -0.3 is 9.30 Å². The summed E-state index contributed by atoms with van der Waals surface area (Å²) in [5.41, 5.74) is 0.223. The second-order valence-electron chi connectivity index (χ2n) is 6.13. The number of nitrogens with zero attached hydrogens (tertiary/aromatic N) is 3. The lowest BCUT2D eigenvalue weighted by Crippen LogP contribution is -2.13. The van der Waals surface area contributed by atoms with Gasteiger partial charge in [0, 0.05) is 24.1 Å². The first-order valence-electron chi connectivity index (χ1n) is 8.64. The summed E-state index contributed by atoms with van der Waals surface area (Å²) in [6.45, 7) is 0. The Bertz CT molecular complexity index is 1260. The molecule has 7 nitrogen and oxygen atoms in total. The maximum absolute atomic E-state index is 13.3. The van der Waals surface area contributed by atoms with E-state index in [0.29, 0.717) is 17.6 Å². The van der Waals surface area contributed by atoms with E-state index in [1.807, 2.05) is 24.5 Å². The second-order valence-corrected chi connectivity index (χ2v) is 7.81. The normalized spacial score (nSPS) is 11.3. The fourth-order valence-electron chi connectivity index (χ4n) is 2.56. The zero-order chi connectivity index (χ0) is 21.1. The minimum absolute atomic E-state index is 0.223. The molecule has 0 radical (unpaired) electrons. The third kappa shape index (κ3) is 4.28. The van der Waals surface area contributed by atoms with E-state index in [1.165, 1.54) is 24.3 Å². The van der Waals surface area contributed by atoms with Crippen molar-refractivity contribution in [3.8, 4) is 17.4 Å². The van der Waals surface area contributed by atoms with E-state index in [0.717, 1.165) is 12.1 Å². The molecule has 0 aliphatic heterocycles. The summed E-state index contributed by atoms with van der Waals surface area (Å²) in [7, 11) is -4.07. The molecule has 4 aromatic rings. The van der Waals surface area contributed by atoms with Gasteiger partial charge in [-0.3, -0.25) is 4.72 Å². The second kappa shape index (κ2) is 7.91. The van der Waals surface area contributed by atoms with Gasteiger partial charge in [0.05, 0.1) is 4.90 Å². The number of halogens is 2. The quantitative estimate of drug-likeness (QED) is 0.499. The smallest absolute Gasteiger partial charge is 0.261 e. The molecule has 0 spiro atoms. The van der Waals surface area contributed by atoms with Crippen LogP contribution >= 0.6 is 0 Å². The topological polar surface area (TPSA) is 86.1 Å². The largest absolute Gasteiger partial charge is 0.438 e. The number of rotatable bonds is 6. The van der Waals surface area contributed by atoms with Crippen LogP contribution < -0.4 is 9.46 Å². The average Bonchev–Trinajstić information content (AvgIpc) is 3.27. The number of ether oxygens (including phenoxy) is 1. The fourth-order valence-corrected chi connectivity index (χ4v) is 3.63. The molecule has 0 saturated heterocycles. The summed E-state index contributed by atoms with van der Waals surface area (Å²) < 4.78 is 60.7. The molecule has 2 aromatic carbocycles. The number of hydrogen-bond acceptors (Lipinski definition) is 5. The average molecular weight is 428 g/mol. The van der Waals surface area contributed by atoms with Gasteiger partial charge in [0.1, 0.15) is 5.75 Å². The van der Waals surface area contributed by atoms with E-state index in [9.17, 15) is 17.2 Å². The fraction of sp³-hybridized carbons (Fsp3) is 0. The lowest BCUT2D eigenvalue weighted by molar-refractivity contribution is 0.454. The van der Waals surface area contributed by atoms with Gasteiger partial charge in [0.15, 0.2) is 17.5 Å². The molecule has 10 heteroatoms. The molecule has 4 rings (SSSR count). The number of anilines is 1. The van der Waals surface area contributed by atoms with Crippen molar-refractivity contribution in [2.45, 2.75) is 4.90 Å². The lowest BCUT2D eigenvalue weighted by atomic mass is 10.3. The molecule has 0 amide bonds. The lowest BCUT2D eigenvalue weighted by Gasteiger charge is -2.10. The number of nitrogens with one attached hydrogen (secondary N) is 1. The molecule has 30 heavy (non-hydrogen) atoms.